The fourth-order valence-corrected chi connectivity index (χ4v) is 2.28. The van der Waals surface area contributed by atoms with Crippen LogP contribution >= 0.6 is 0 Å². The summed E-state index contributed by atoms with van der Waals surface area (Å²) in [6.07, 6.45) is 0. The van der Waals surface area contributed by atoms with Gasteiger partial charge in [0.2, 0.25) is 11.8 Å². The van der Waals surface area contributed by atoms with Gasteiger partial charge in [-0.05, 0) is 36.8 Å². The first-order valence-corrected chi connectivity index (χ1v) is 8.70. The average Bonchev–Trinajstić information content (AvgIpc) is 2.67. The monoisotopic (exact) mass is 386 g/mol. The Bertz CT molecular complexity index is 822. The Morgan fingerprint density at radius 3 is 2.25 bits per heavy atom. The first-order valence-electron chi connectivity index (χ1n) is 8.70. The number of rotatable bonds is 7. The molecule has 0 bridgehead atoms. The van der Waals surface area contributed by atoms with Gasteiger partial charge < -0.3 is 20.9 Å². The van der Waals surface area contributed by atoms with Crippen molar-refractivity contribution in [3.05, 3.63) is 65.5 Å². The number of nitrogens with one attached hydrogen (secondary N) is 3. The molecule has 0 aliphatic rings. The van der Waals surface area contributed by atoms with Gasteiger partial charge in [0.05, 0.1) is 13.1 Å². The Hall–Kier alpha value is -3.42. The van der Waals surface area contributed by atoms with E-state index >= 15 is 0 Å². The zero-order chi connectivity index (χ0) is 20.5. The number of urea groups is 1. The quantitative estimate of drug-likeness (QED) is 0.680. The van der Waals surface area contributed by atoms with Gasteiger partial charge in [0.15, 0.2) is 0 Å². The molecule has 0 aliphatic carbocycles. The van der Waals surface area contributed by atoms with E-state index in [9.17, 15) is 18.8 Å². The van der Waals surface area contributed by atoms with E-state index in [4.69, 9.17) is 0 Å². The molecule has 8 heteroatoms. The second kappa shape index (κ2) is 10.1. The zero-order valence-corrected chi connectivity index (χ0v) is 15.8. The van der Waals surface area contributed by atoms with E-state index in [1.54, 1.807) is 24.3 Å². The minimum atomic E-state index is -0.532. The van der Waals surface area contributed by atoms with Crippen LogP contribution in [0.4, 0.5) is 14.9 Å². The number of hydrogen-bond acceptors (Lipinski definition) is 3. The molecular formula is C20H23FN4O3. The minimum absolute atomic E-state index is 0.133. The van der Waals surface area contributed by atoms with Gasteiger partial charge in [-0.15, -0.1) is 0 Å². The van der Waals surface area contributed by atoms with Crippen LogP contribution in [0.2, 0.25) is 0 Å². The van der Waals surface area contributed by atoms with Crippen molar-refractivity contribution in [1.29, 1.82) is 0 Å². The number of carbonyl (C=O) groups is 3. The molecule has 7 nitrogen and oxygen atoms in total. The third kappa shape index (κ3) is 7.06. The van der Waals surface area contributed by atoms with Crippen molar-refractivity contribution in [2.24, 2.45) is 0 Å². The van der Waals surface area contributed by atoms with Crippen molar-refractivity contribution in [2.75, 3.05) is 25.5 Å². The summed E-state index contributed by atoms with van der Waals surface area (Å²) in [4.78, 5) is 37.0. The SMILES string of the molecule is Cc1ccc(NC(=O)CN(C)C(=O)CNC(=O)NCc2ccc(F)cc2)cc1. The van der Waals surface area contributed by atoms with Gasteiger partial charge in [0, 0.05) is 19.3 Å². The molecule has 2 rings (SSSR count). The molecule has 0 saturated heterocycles. The van der Waals surface area contributed by atoms with Crippen LogP contribution in [0, 0.1) is 12.7 Å². The Morgan fingerprint density at radius 2 is 1.61 bits per heavy atom. The number of likely N-dealkylation sites (N-methyl/N-ethyl adjacent to an activating group) is 1. The van der Waals surface area contributed by atoms with Crippen molar-refractivity contribution >= 4 is 23.5 Å². The summed E-state index contributed by atoms with van der Waals surface area (Å²) in [7, 11) is 1.48. The molecule has 0 aromatic heterocycles. The number of anilines is 1. The maximum atomic E-state index is 12.8. The number of nitrogens with zero attached hydrogens (tertiary/aromatic N) is 1. The van der Waals surface area contributed by atoms with Crippen LogP contribution in [-0.4, -0.2) is 42.9 Å². The molecule has 0 aliphatic heterocycles. The van der Waals surface area contributed by atoms with E-state index in [1.165, 1.54) is 24.1 Å². The molecule has 0 unspecified atom stereocenters. The van der Waals surface area contributed by atoms with Crippen molar-refractivity contribution < 1.29 is 18.8 Å². The fraction of sp³-hybridized carbons (Fsp3) is 0.250. The van der Waals surface area contributed by atoms with Gasteiger partial charge in [0.1, 0.15) is 5.82 Å². The highest BCUT2D eigenvalue weighted by Crippen LogP contribution is 2.08. The third-order valence-electron chi connectivity index (χ3n) is 3.91. The largest absolute Gasteiger partial charge is 0.335 e. The van der Waals surface area contributed by atoms with Crippen molar-refractivity contribution in [3.8, 4) is 0 Å². The summed E-state index contributed by atoms with van der Waals surface area (Å²) >= 11 is 0. The van der Waals surface area contributed by atoms with E-state index in [0.29, 0.717) is 5.69 Å². The highest BCUT2D eigenvalue weighted by molar-refractivity contribution is 5.95. The van der Waals surface area contributed by atoms with Crippen molar-refractivity contribution in [2.45, 2.75) is 13.5 Å². The predicted molar refractivity (Wildman–Crippen MR) is 104 cm³/mol. The number of hydrogen-bond donors (Lipinski definition) is 3. The number of halogens is 1. The minimum Gasteiger partial charge on any atom is -0.335 e. The molecule has 28 heavy (non-hydrogen) atoms. The number of benzene rings is 2. The summed E-state index contributed by atoms with van der Waals surface area (Å²) in [6.45, 7) is 1.77. The van der Waals surface area contributed by atoms with Gasteiger partial charge in [-0.3, -0.25) is 9.59 Å². The molecule has 0 atom stereocenters. The highest BCUT2D eigenvalue weighted by Gasteiger charge is 2.14. The van der Waals surface area contributed by atoms with Crippen LogP contribution in [0.3, 0.4) is 0 Å². The van der Waals surface area contributed by atoms with E-state index in [1.807, 2.05) is 19.1 Å². The van der Waals surface area contributed by atoms with E-state index < -0.39 is 11.9 Å². The van der Waals surface area contributed by atoms with Gasteiger partial charge in [0.25, 0.3) is 0 Å². The molecule has 4 amide bonds. The Kier molecular flexibility index (Phi) is 7.50. The second-order valence-corrected chi connectivity index (χ2v) is 6.33. The standard InChI is InChI=1S/C20H23FN4O3/c1-14-3-9-17(10-4-14)24-18(26)13-25(2)19(27)12-23-20(28)22-11-15-5-7-16(21)8-6-15/h3-10H,11-13H2,1-2H3,(H,24,26)(H2,22,23,28). The van der Waals surface area contributed by atoms with E-state index in [2.05, 4.69) is 16.0 Å². The van der Waals surface area contributed by atoms with Crippen LogP contribution in [0.1, 0.15) is 11.1 Å². The van der Waals surface area contributed by atoms with Crippen LogP contribution in [-0.2, 0) is 16.1 Å². The van der Waals surface area contributed by atoms with Gasteiger partial charge in [-0.2, -0.15) is 0 Å². The molecule has 3 N–H and O–H groups in total. The second-order valence-electron chi connectivity index (χ2n) is 6.33. The lowest BCUT2D eigenvalue weighted by Crippen LogP contribution is -2.44. The fourth-order valence-electron chi connectivity index (χ4n) is 2.28. The molecule has 0 radical (unpaired) electrons. The third-order valence-corrected chi connectivity index (χ3v) is 3.91. The molecular weight excluding hydrogens is 363 g/mol. The molecule has 0 fully saturated rings. The molecule has 2 aromatic rings. The van der Waals surface area contributed by atoms with Crippen LogP contribution < -0.4 is 16.0 Å². The Labute approximate surface area is 162 Å². The maximum Gasteiger partial charge on any atom is 0.315 e. The summed E-state index contributed by atoms with van der Waals surface area (Å²) in [5.74, 6) is -1.09. The lowest BCUT2D eigenvalue weighted by Gasteiger charge is -2.17. The number of carbonyl (C=O) groups excluding carboxylic acids is 3. The molecule has 0 spiro atoms. The summed E-state index contributed by atoms with van der Waals surface area (Å²) in [5.41, 5.74) is 2.46. The molecule has 0 saturated carbocycles. The van der Waals surface area contributed by atoms with Crippen LogP contribution in [0.25, 0.3) is 0 Å². The topological polar surface area (TPSA) is 90.5 Å². The Balaban J connectivity index is 1.69. The van der Waals surface area contributed by atoms with Crippen molar-refractivity contribution in [3.63, 3.8) is 0 Å². The average molecular weight is 386 g/mol. The smallest absolute Gasteiger partial charge is 0.315 e. The first kappa shape index (κ1) is 20.9. The highest BCUT2D eigenvalue weighted by atomic mass is 19.1. The van der Waals surface area contributed by atoms with E-state index in [0.717, 1.165) is 11.1 Å². The lowest BCUT2D eigenvalue weighted by molar-refractivity contribution is -0.132. The van der Waals surface area contributed by atoms with E-state index in [-0.39, 0.29) is 31.4 Å². The predicted octanol–water partition coefficient (Wildman–Crippen LogP) is 2.03. The van der Waals surface area contributed by atoms with Crippen molar-refractivity contribution in [1.82, 2.24) is 15.5 Å². The molecule has 148 valence electrons. The van der Waals surface area contributed by atoms with Crippen LogP contribution in [0.5, 0.6) is 0 Å². The summed E-state index contributed by atoms with van der Waals surface area (Å²) in [5, 5.41) is 7.70. The van der Waals surface area contributed by atoms with Gasteiger partial charge in [-0.25, -0.2) is 9.18 Å². The summed E-state index contributed by atoms with van der Waals surface area (Å²) < 4.78 is 12.8. The van der Waals surface area contributed by atoms with Gasteiger partial charge >= 0.3 is 6.03 Å². The number of aryl methyl sites for hydroxylation is 1. The lowest BCUT2D eigenvalue weighted by atomic mass is 10.2. The maximum absolute atomic E-state index is 12.8. The number of amides is 4. The molecule has 0 heterocycles. The first-order chi connectivity index (χ1) is 13.3. The summed E-state index contributed by atoms with van der Waals surface area (Å²) in [6, 6.07) is 12.5. The van der Waals surface area contributed by atoms with Gasteiger partial charge in [-0.1, -0.05) is 29.8 Å². The Morgan fingerprint density at radius 1 is 0.964 bits per heavy atom. The zero-order valence-electron chi connectivity index (χ0n) is 15.8. The van der Waals surface area contributed by atoms with Crippen LogP contribution in [0.15, 0.2) is 48.5 Å². The molecule has 2 aromatic carbocycles. The normalized spacial score (nSPS) is 10.1.